The van der Waals surface area contributed by atoms with Crippen molar-refractivity contribution in [1.29, 1.82) is 0 Å². The molecule has 308 valence electrons. The van der Waals surface area contributed by atoms with Crippen molar-refractivity contribution in [3.05, 3.63) is 36.5 Å². The molecule has 0 fully saturated rings. The van der Waals surface area contributed by atoms with Gasteiger partial charge < -0.3 is 14.2 Å². The molecule has 0 aromatic carbocycles. The van der Waals surface area contributed by atoms with Crippen LogP contribution in [0, 0.1) is 0 Å². The Bertz CT molecular complexity index is 907. The van der Waals surface area contributed by atoms with E-state index in [0.29, 0.717) is 19.3 Å². The van der Waals surface area contributed by atoms with Crippen LogP contribution in [0.1, 0.15) is 226 Å². The average Bonchev–Trinajstić information content (AvgIpc) is 3.15. The molecule has 0 aliphatic rings. The van der Waals surface area contributed by atoms with Gasteiger partial charge in [0.15, 0.2) is 6.10 Å². The third kappa shape index (κ3) is 40.6. The normalized spacial score (nSPS) is 12.3. The molecular weight excluding hydrogens is 661 g/mol. The maximum absolute atomic E-state index is 12.6. The van der Waals surface area contributed by atoms with E-state index in [4.69, 9.17) is 14.2 Å². The van der Waals surface area contributed by atoms with Crippen molar-refractivity contribution in [1.82, 2.24) is 0 Å². The summed E-state index contributed by atoms with van der Waals surface area (Å²) in [7, 11) is 0. The fourth-order valence-corrected chi connectivity index (χ4v) is 6.16. The number of hydrogen-bond acceptors (Lipinski definition) is 6. The smallest absolute Gasteiger partial charge is 0.306 e. The number of esters is 3. The fraction of sp³-hybridized carbons (Fsp3) is 0.809. The second-order valence-electron chi connectivity index (χ2n) is 15.0. The van der Waals surface area contributed by atoms with Gasteiger partial charge in [-0.2, -0.15) is 0 Å². The number of allylic oxidation sites excluding steroid dienone is 6. The van der Waals surface area contributed by atoms with E-state index < -0.39 is 6.10 Å². The lowest BCUT2D eigenvalue weighted by Crippen LogP contribution is -2.30. The summed E-state index contributed by atoms with van der Waals surface area (Å²) in [5.41, 5.74) is 0. The molecule has 0 rings (SSSR count). The maximum Gasteiger partial charge on any atom is 0.306 e. The Balaban J connectivity index is 4.29. The Morgan fingerprint density at radius 2 is 0.698 bits per heavy atom. The van der Waals surface area contributed by atoms with Gasteiger partial charge in [-0.1, -0.05) is 173 Å². The number of ether oxygens (including phenoxy) is 3. The first-order chi connectivity index (χ1) is 26.0. The largest absolute Gasteiger partial charge is 0.462 e. The van der Waals surface area contributed by atoms with Crippen molar-refractivity contribution >= 4 is 17.9 Å². The Hall–Kier alpha value is -2.37. The standard InChI is InChI=1S/C47H84O6/c1-4-7-10-13-16-18-20-21-22-23-24-25-27-28-31-34-37-40-46(49)52-43-44(42-51-45(48)39-36-33-30-15-12-9-6-3)53-47(50)41-38-35-32-29-26-19-17-14-11-8-5-2/h14,16-18,21-22,44H,4-13,15,19-20,23-43H2,1-3H3/b17-14-,18-16-,22-21-. The number of hydrogen-bond donors (Lipinski definition) is 0. The molecule has 0 saturated heterocycles. The van der Waals surface area contributed by atoms with Crippen LogP contribution >= 0.6 is 0 Å². The molecule has 0 aromatic heterocycles. The van der Waals surface area contributed by atoms with E-state index >= 15 is 0 Å². The molecule has 0 spiro atoms. The van der Waals surface area contributed by atoms with Crippen LogP contribution in [0.2, 0.25) is 0 Å². The van der Waals surface area contributed by atoms with Crippen LogP contribution in [0.25, 0.3) is 0 Å². The van der Waals surface area contributed by atoms with Gasteiger partial charge in [-0.15, -0.1) is 0 Å². The minimum atomic E-state index is -0.772. The van der Waals surface area contributed by atoms with Gasteiger partial charge in [-0.25, -0.2) is 0 Å². The summed E-state index contributed by atoms with van der Waals surface area (Å²) in [5, 5.41) is 0. The quantitative estimate of drug-likeness (QED) is 0.0269. The monoisotopic (exact) mass is 745 g/mol. The van der Waals surface area contributed by atoms with Crippen LogP contribution in [0.4, 0.5) is 0 Å². The summed E-state index contributed by atoms with van der Waals surface area (Å²) in [5.74, 6) is -0.902. The molecule has 0 N–H and O–H groups in total. The Morgan fingerprint density at radius 1 is 0.377 bits per heavy atom. The van der Waals surface area contributed by atoms with E-state index in [1.54, 1.807) is 0 Å². The highest BCUT2D eigenvalue weighted by Gasteiger charge is 2.19. The van der Waals surface area contributed by atoms with Crippen LogP contribution in [0.15, 0.2) is 36.5 Å². The van der Waals surface area contributed by atoms with Crippen LogP contribution in [-0.2, 0) is 28.6 Å². The van der Waals surface area contributed by atoms with Crippen LogP contribution in [-0.4, -0.2) is 37.2 Å². The van der Waals surface area contributed by atoms with Crippen molar-refractivity contribution in [2.45, 2.75) is 232 Å². The summed E-state index contributed by atoms with van der Waals surface area (Å²) >= 11 is 0. The van der Waals surface area contributed by atoms with Crippen LogP contribution in [0.3, 0.4) is 0 Å². The van der Waals surface area contributed by atoms with Crippen LogP contribution < -0.4 is 0 Å². The fourth-order valence-electron chi connectivity index (χ4n) is 6.16. The first-order valence-corrected chi connectivity index (χ1v) is 22.5. The van der Waals surface area contributed by atoms with Crippen LogP contribution in [0.5, 0.6) is 0 Å². The van der Waals surface area contributed by atoms with Crippen molar-refractivity contribution in [2.75, 3.05) is 13.2 Å². The molecule has 6 nitrogen and oxygen atoms in total. The third-order valence-electron chi connectivity index (χ3n) is 9.62. The Kier molecular flexibility index (Phi) is 40.5. The zero-order valence-corrected chi connectivity index (χ0v) is 35.0. The topological polar surface area (TPSA) is 78.9 Å². The Morgan fingerprint density at radius 3 is 1.15 bits per heavy atom. The van der Waals surface area contributed by atoms with E-state index in [2.05, 4.69) is 57.2 Å². The highest BCUT2D eigenvalue weighted by molar-refractivity contribution is 5.71. The predicted octanol–water partition coefficient (Wildman–Crippen LogP) is 14.2. The van der Waals surface area contributed by atoms with E-state index in [1.165, 1.54) is 103 Å². The zero-order chi connectivity index (χ0) is 38.7. The second kappa shape index (κ2) is 42.4. The molecule has 0 aliphatic carbocycles. The molecule has 1 unspecified atom stereocenters. The number of rotatable bonds is 40. The number of carbonyl (C=O) groups is 3. The zero-order valence-electron chi connectivity index (χ0n) is 35.0. The van der Waals surface area contributed by atoms with Gasteiger partial charge in [0.1, 0.15) is 13.2 Å². The molecule has 0 saturated carbocycles. The van der Waals surface area contributed by atoms with Gasteiger partial charge in [-0.05, 0) is 70.6 Å². The summed E-state index contributed by atoms with van der Waals surface area (Å²) in [6.45, 7) is 6.51. The van der Waals surface area contributed by atoms with Gasteiger partial charge >= 0.3 is 17.9 Å². The SMILES string of the molecule is CCCC/C=C\CCCCCCCC(=O)OC(COC(=O)CCCCCCCCC)COC(=O)CCCCCCCCC/C=C\C/C=C\CCCCC. The van der Waals surface area contributed by atoms with Crippen molar-refractivity contribution in [3.63, 3.8) is 0 Å². The molecule has 0 bridgehead atoms. The van der Waals surface area contributed by atoms with Gasteiger partial charge in [-0.3, -0.25) is 14.4 Å². The lowest BCUT2D eigenvalue weighted by Gasteiger charge is -2.18. The molecule has 0 amide bonds. The summed E-state index contributed by atoms with van der Waals surface area (Å²) < 4.78 is 16.6. The van der Waals surface area contributed by atoms with Crippen molar-refractivity contribution in [3.8, 4) is 0 Å². The molecule has 0 radical (unpaired) electrons. The van der Waals surface area contributed by atoms with Gasteiger partial charge in [0.25, 0.3) is 0 Å². The summed E-state index contributed by atoms with van der Waals surface area (Å²) in [6, 6.07) is 0. The summed E-state index contributed by atoms with van der Waals surface area (Å²) in [6.07, 6.45) is 47.1. The van der Waals surface area contributed by atoms with E-state index in [9.17, 15) is 14.4 Å². The molecular formula is C47H84O6. The predicted molar refractivity (Wildman–Crippen MR) is 224 cm³/mol. The lowest BCUT2D eigenvalue weighted by molar-refractivity contribution is -0.167. The molecule has 1 atom stereocenters. The van der Waals surface area contributed by atoms with E-state index in [1.807, 2.05) is 0 Å². The summed E-state index contributed by atoms with van der Waals surface area (Å²) in [4.78, 5) is 37.5. The van der Waals surface area contributed by atoms with Gasteiger partial charge in [0.2, 0.25) is 0 Å². The van der Waals surface area contributed by atoms with Gasteiger partial charge in [0.05, 0.1) is 0 Å². The van der Waals surface area contributed by atoms with Crippen molar-refractivity contribution in [2.24, 2.45) is 0 Å². The minimum absolute atomic E-state index is 0.0773. The Labute approximate surface area is 327 Å². The van der Waals surface area contributed by atoms with E-state index in [0.717, 1.165) is 83.5 Å². The second-order valence-corrected chi connectivity index (χ2v) is 15.0. The highest BCUT2D eigenvalue weighted by Crippen LogP contribution is 2.13. The maximum atomic E-state index is 12.6. The van der Waals surface area contributed by atoms with E-state index in [-0.39, 0.29) is 31.1 Å². The average molecular weight is 745 g/mol. The molecule has 0 aliphatic heterocycles. The molecule has 0 aromatic rings. The number of unbranched alkanes of at least 4 members (excludes halogenated alkanes) is 23. The third-order valence-corrected chi connectivity index (χ3v) is 9.62. The minimum Gasteiger partial charge on any atom is -0.462 e. The highest BCUT2D eigenvalue weighted by atomic mass is 16.6. The lowest BCUT2D eigenvalue weighted by atomic mass is 10.1. The number of carbonyl (C=O) groups excluding carboxylic acids is 3. The van der Waals surface area contributed by atoms with Gasteiger partial charge in [0, 0.05) is 19.3 Å². The molecule has 6 heteroatoms. The van der Waals surface area contributed by atoms with Crippen molar-refractivity contribution < 1.29 is 28.6 Å². The first kappa shape index (κ1) is 50.6. The first-order valence-electron chi connectivity index (χ1n) is 22.5. The molecule has 53 heavy (non-hydrogen) atoms. The molecule has 0 heterocycles.